The number of para-hydroxylation sites is 1. The Morgan fingerprint density at radius 2 is 1.80 bits per heavy atom. The number of ether oxygens (including phenoxy) is 2. The number of carbonyl (C=O) groups excluding carboxylic acids is 3. The monoisotopic (exact) mass is 587 g/mol. The number of benzene rings is 3. The van der Waals surface area contributed by atoms with Crippen LogP contribution >= 0.6 is 11.8 Å². The number of halogens is 3. The second kappa shape index (κ2) is 12.6. The van der Waals surface area contributed by atoms with Gasteiger partial charge in [0.1, 0.15) is 13.2 Å². The van der Waals surface area contributed by atoms with Gasteiger partial charge in [0.05, 0.1) is 27.7 Å². The van der Waals surface area contributed by atoms with Crippen LogP contribution in [0.4, 0.5) is 29.3 Å². The largest absolute Gasteiger partial charge is 0.490 e. The number of rotatable bonds is 10. The van der Waals surface area contributed by atoms with Gasteiger partial charge in [-0.25, -0.2) is 13.2 Å². The Hall–Kier alpha value is -4.85. The fourth-order valence-corrected chi connectivity index (χ4v) is 4.55. The maximum Gasteiger partial charge on any atom is 0.294 e. The van der Waals surface area contributed by atoms with E-state index in [4.69, 9.17) is 9.47 Å². The normalized spacial score (nSPS) is 14.0. The van der Waals surface area contributed by atoms with E-state index in [0.29, 0.717) is 33.9 Å². The van der Waals surface area contributed by atoms with Crippen molar-refractivity contribution in [3.8, 4) is 11.5 Å². The Bertz CT molecular complexity index is 1580. The van der Waals surface area contributed by atoms with E-state index in [1.807, 2.05) is 5.32 Å². The lowest BCUT2D eigenvalue weighted by Gasteiger charge is -2.13. The third kappa shape index (κ3) is 6.66. The molecule has 0 unspecified atom stereocenters. The van der Waals surface area contributed by atoms with Crippen molar-refractivity contribution < 1.29 is 42.0 Å². The summed E-state index contributed by atoms with van der Waals surface area (Å²) >= 11 is 0.567. The molecule has 1 aliphatic heterocycles. The number of thioether (sulfide) groups is 1. The first kappa shape index (κ1) is 29.1. The van der Waals surface area contributed by atoms with Crippen LogP contribution < -0.4 is 14.8 Å². The molecule has 1 saturated heterocycles. The highest BCUT2D eigenvalue weighted by atomic mass is 32.2. The van der Waals surface area contributed by atoms with E-state index < -0.39 is 51.7 Å². The Kier molecular flexibility index (Phi) is 8.92. The van der Waals surface area contributed by atoms with Crippen molar-refractivity contribution >= 4 is 46.3 Å². The minimum absolute atomic E-state index is 0.0159. The summed E-state index contributed by atoms with van der Waals surface area (Å²) in [4.78, 5) is 48.9. The van der Waals surface area contributed by atoms with Crippen molar-refractivity contribution in [3.63, 3.8) is 0 Å². The summed E-state index contributed by atoms with van der Waals surface area (Å²) in [6.07, 6.45) is 1.40. The lowest BCUT2D eigenvalue weighted by Crippen LogP contribution is -2.36. The second-order valence-electron chi connectivity index (χ2n) is 8.35. The average molecular weight is 588 g/mol. The zero-order chi connectivity index (χ0) is 29.7. The van der Waals surface area contributed by atoms with E-state index in [1.165, 1.54) is 12.1 Å². The highest BCUT2D eigenvalue weighted by Gasteiger charge is 2.36. The summed E-state index contributed by atoms with van der Waals surface area (Å²) < 4.78 is 51.8. The van der Waals surface area contributed by atoms with Gasteiger partial charge in [-0.2, -0.15) is 0 Å². The fraction of sp³-hybridized carbons (Fsp3) is 0.148. The standard InChI is InChI=1S/C27H20F3N3O7S/c1-2-39-21-11-15(7-10-20(21)40-14-16-5-3-4-6-19(16)33(37)38)12-22-26(35)32(27(36)41-22)13-23(34)31-18-9-8-17(28)24(29)25(18)30/h3-12H,2,13-14H2,1H3,(H,31,34)/b22-12+. The van der Waals surface area contributed by atoms with Gasteiger partial charge in [0, 0.05) is 6.07 Å². The van der Waals surface area contributed by atoms with E-state index in [-0.39, 0.29) is 35.3 Å². The van der Waals surface area contributed by atoms with E-state index in [1.54, 1.807) is 43.3 Å². The van der Waals surface area contributed by atoms with Gasteiger partial charge in [-0.15, -0.1) is 0 Å². The number of nitro benzene ring substituents is 1. The lowest BCUT2D eigenvalue weighted by atomic mass is 10.1. The molecule has 0 atom stereocenters. The Labute approximate surface area is 234 Å². The molecule has 0 aromatic heterocycles. The van der Waals surface area contributed by atoms with Crippen molar-refractivity contribution in [3.05, 3.63) is 98.2 Å². The summed E-state index contributed by atoms with van der Waals surface area (Å²) in [5, 5.41) is 12.5. The van der Waals surface area contributed by atoms with Crippen molar-refractivity contribution in [2.75, 3.05) is 18.5 Å². The number of hydrogen-bond donors (Lipinski definition) is 1. The Balaban J connectivity index is 1.47. The van der Waals surface area contributed by atoms with Crippen molar-refractivity contribution in [2.45, 2.75) is 13.5 Å². The molecule has 0 radical (unpaired) electrons. The summed E-state index contributed by atoms with van der Waals surface area (Å²) in [7, 11) is 0. The topological polar surface area (TPSA) is 128 Å². The second-order valence-corrected chi connectivity index (χ2v) is 9.35. The smallest absolute Gasteiger partial charge is 0.294 e. The van der Waals surface area contributed by atoms with Crippen LogP contribution in [0.3, 0.4) is 0 Å². The van der Waals surface area contributed by atoms with Crippen LogP contribution in [0.2, 0.25) is 0 Å². The van der Waals surface area contributed by atoms with Gasteiger partial charge in [0.15, 0.2) is 29.0 Å². The molecule has 14 heteroatoms. The minimum Gasteiger partial charge on any atom is -0.490 e. The predicted molar refractivity (Wildman–Crippen MR) is 143 cm³/mol. The third-order valence-corrected chi connectivity index (χ3v) is 6.53. The molecule has 0 aliphatic carbocycles. The summed E-state index contributed by atoms with van der Waals surface area (Å²) in [5.74, 6) is -6.06. The van der Waals surface area contributed by atoms with Gasteiger partial charge in [-0.3, -0.25) is 29.4 Å². The van der Waals surface area contributed by atoms with Gasteiger partial charge in [-0.05, 0) is 60.7 Å². The number of carbonyl (C=O) groups is 3. The predicted octanol–water partition coefficient (Wildman–Crippen LogP) is 5.66. The Morgan fingerprint density at radius 3 is 2.54 bits per heavy atom. The maximum absolute atomic E-state index is 13.9. The molecular formula is C27H20F3N3O7S. The van der Waals surface area contributed by atoms with Gasteiger partial charge >= 0.3 is 0 Å². The first-order valence-electron chi connectivity index (χ1n) is 11.9. The van der Waals surface area contributed by atoms with Gasteiger partial charge in [-0.1, -0.05) is 18.2 Å². The maximum atomic E-state index is 13.9. The molecule has 1 N–H and O–H groups in total. The van der Waals surface area contributed by atoms with Gasteiger partial charge in [0.2, 0.25) is 5.91 Å². The first-order chi connectivity index (χ1) is 19.6. The van der Waals surface area contributed by atoms with Crippen LogP contribution in [0, 0.1) is 27.6 Å². The molecule has 3 aromatic rings. The van der Waals surface area contributed by atoms with E-state index in [0.717, 1.165) is 6.07 Å². The van der Waals surface area contributed by atoms with Crippen LogP contribution in [-0.2, 0) is 16.2 Å². The zero-order valence-electron chi connectivity index (χ0n) is 21.2. The molecule has 1 heterocycles. The van der Waals surface area contributed by atoms with E-state index >= 15 is 0 Å². The Morgan fingerprint density at radius 1 is 1.05 bits per heavy atom. The summed E-state index contributed by atoms with van der Waals surface area (Å²) in [6.45, 7) is 1.10. The number of nitrogens with zero attached hydrogens (tertiary/aromatic N) is 2. The van der Waals surface area contributed by atoms with Crippen LogP contribution in [0.25, 0.3) is 6.08 Å². The van der Waals surface area contributed by atoms with Crippen LogP contribution in [-0.4, -0.2) is 40.0 Å². The molecule has 1 aliphatic rings. The first-order valence-corrected chi connectivity index (χ1v) is 12.7. The molecule has 0 saturated carbocycles. The van der Waals surface area contributed by atoms with Gasteiger partial charge in [0.25, 0.3) is 16.8 Å². The van der Waals surface area contributed by atoms with Crippen molar-refractivity contribution in [1.29, 1.82) is 0 Å². The van der Waals surface area contributed by atoms with Gasteiger partial charge < -0.3 is 14.8 Å². The quantitative estimate of drug-likeness (QED) is 0.139. The molecule has 3 amide bonds. The number of anilines is 1. The van der Waals surface area contributed by atoms with E-state index in [9.17, 15) is 37.7 Å². The van der Waals surface area contributed by atoms with Crippen LogP contribution in [0.15, 0.2) is 59.5 Å². The SMILES string of the molecule is CCOc1cc(/C=C2/SC(=O)N(CC(=O)Nc3ccc(F)c(F)c3F)C2=O)ccc1OCc1ccccc1[N+](=O)[O-]. The molecule has 4 rings (SSSR count). The number of imide groups is 1. The number of amides is 3. The zero-order valence-corrected chi connectivity index (χ0v) is 22.0. The summed E-state index contributed by atoms with van der Waals surface area (Å²) in [6, 6.07) is 12.2. The highest BCUT2D eigenvalue weighted by molar-refractivity contribution is 8.18. The molecule has 1 fully saturated rings. The number of nitrogens with one attached hydrogen (secondary N) is 1. The van der Waals surface area contributed by atoms with E-state index in [2.05, 4.69) is 0 Å². The number of nitro groups is 1. The molecular weight excluding hydrogens is 567 g/mol. The molecule has 3 aromatic carbocycles. The molecule has 41 heavy (non-hydrogen) atoms. The average Bonchev–Trinajstić information content (AvgIpc) is 3.20. The number of hydrogen-bond acceptors (Lipinski definition) is 8. The molecule has 0 bridgehead atoms. The lowest BCUT2D eigenvalue weighted by molar-refractivity contribution is -0.385. The fourth-order valence-electron chi connectivity index (χ4n) is 3.71. The third-order valence-electron chi connectivity index (χ3n) is 5.62. The highest BCUT2D eigenvalue weighted by Crippen LogP contribution is 2.35. The molecule has 10 nitrogen and oxygen atoms in total. The molecule has 0 spiro atoms. The summed E-state index contributed by atoms with van der Waals surface area (Å²) in [5.41, 5.74) is 0.0600. The van der Waals surface area contributed by atoms with Crippen molar-refractivity contribution in [1.82, 2.24) is 4.90 Å². The van der Waals surface area contributed by atoms with Crippen molar-refractivity contribution in [2.24, 2.45) is 0 Å². The van der Waals surface area contributed by atoms with Crippen LogP contribution in [0.5, 0.6) is 11.5 Å². The molecule has 212 valence electrons. The van der Waals surface area contributed by atoms with Crippen LogP contribution in [0.1, 0.15) is 18.1 Å². The minimum atomic E-state index is -1.78.